The zero-order chi connectivity index (χ0) is 22.3. The molecule has 1 aromatic carbocycles. The summed E-state index contributed by atoms with van der Waals surface area (Å²) in [5, 5.41) is 16.0. The number of nitrogens with zero attached hydrogens (tertiary/aromatic N) is 2. The maximum atomic E-state index is 13.1. The molecular weight excluding hydrogens is 396 g/mol. The number of nitro benzene ring substituents is 1. The molecule has 0 aromatic heterocycles. The molecule has 11 heteroatoms. The maximum Gasteiger partial charge on any atom is 0.308 e. The van der Waals surface area contributed by atoms with E-state index in [-0.39, 0.29) is 37.5 Å². The van der Waals surface area contributed by atoms with E-state index in [9.17, 15) is 29.3 Å². The van der Waals surface area contributed by atoms with Crippen LogP contribution in [0.2, 0.25) is 0 Å². The van der Waals surface area contributed by atoms with Gasteiger partial charge in [0.15, 0.2) is 0 Å². The number of rotatable bonds is 7. The molecule has 0 saturated carbocycles. The van der Waals surface area contributed by atoms with Crippen molar-refractivity contribution in [1.82, 2.24) is 15.5 Å². The molecule has 1 aromatic rings. The molecule has 3 amide bonds. The van der Waals surface area contributed by atoms with Gasteiger partial charge in [-0.15, -0.1) is 0 Å². The van der Waals surface area contributed by atoms with Crippen LogP contribution in [0.5, 0.6) is 0 Å². The van der Waals surface area contributed by atoms with Crippen molar-refractivity contribution in [3.63, 3.8) is 0 Å². The zero-order valence-corrected chi connectivity index (χ0v) is 16.5. The Balaban J connectivity index is 2.37. The van der Waals surface area contributed by atoms with E-state index in [1.54, 1.807) is 6.92 Å². The fourth-order valence-corrected chi connectivity index (χ4v) is 2.93. The number of carbonyl (C=O) groups excluding carboxylic acids is 4. The first-order valence-electron chi connectivity index (χ1n) is 9.21. The molecule has 30 heavy (non-hydrogen) atoms. The van der Waals surface area contributed by atoms with Gasteiger partial charge in [0.05, 0.1) is 18.0 Å². The first-order chi connectivity index (χ1) is 14.2. The quantitative estimate of drug-likeness (QED) is 0.281. The molecule has 0 spiro atoms. The minimum absolute atomic E-state index is 0.112. The van der Waals surface area contributed by atoms with Crippen LogP contribution in [0.25, 0.3) is 6.08 Å². The van der Waals surface area contributed by atoms with Crippen LogP contribution in [0, 0.1) is 10.1 Å². The highest BCUT2D eigenvalue weighted by atomic mass is 16.6. The predicted molar refractivity (Wildman–Crippen MR) is 105 cm³/mol. The van der Waals surface area contributed by atoms with Crippen molar-refractivity contribution in [2.45, 2.75) is 26.3 Å². The van der Waals surface area contributed by atoms with E-state index in [1.807, 2.05) is 0 Å². The fourth-order valence-electron chi connectivity index (χ4n) is 2.93. The van der Waals surface area contributed by atoms with Gasteiger partial charge in [-0.3, -0.25) is 29.3 Å². The summed E-state index contributed by atoms with van der Waals surface area (Å²) in [6, 6.07) is 4.40. The summed E-state index contributed by atoms with van der Waals surface area (Å²) in [7, 11) is 0. The van der Waals surface area contributed by atoms with E-state index in [0.29, 0.717) is 5.56 Å². The second-order valence-electron chi connectivity index (χ2n) is 6.41. The first-order valence-corrected chi connectivity index (χ1v) is 9.21. The van der Waals surface area contributed by atoms with Crippen LogP contribution in [0.1, 0.15) is 25.8 Å². The van der Waals surface area contributed by atoms with Crippen molar-refractivity contribution < 1.29 is 28.8 Å². The van der Waals surface area contributed by atoms with Gasteiger partial charge in [0.25, 0.3) is 11.6 Å². The van der Waals surface area contributed by atoms with Crippen LogP contribution in [0.15, 0.2) is 30.0 Å². The number of benzene rings is 1. The highest BCUT2D eigenvalue weighted by Crippen LogP contribution is 2.18. The molecule has 0 radical (unpaired) electrons. The SMILES string of the molecule is CCOC(=O)CC1C(=O)NCCN1C(=O)/C(=C/c1cccc([N+](=O)[O-])c1)NC(C)=O. The molecule has 1 aliphatic rings. The van der Waals surface area contributed by atoms with Gasteiger partial charge in [0.1, 0.15) is 11.7 Å². The number of non-ortho nitro benzene ring substituents is 1. The van der Waals surface area contributed by atoms with E-state index in [0.717, 1.165) is 0 Å². The summed E-state index contributed by atoms with van der Waals surface area (Å²) >= 11 is 0. The van der Waals surface area contributed by atoms with Gasteiger partial charge in [0.2, 0.25) is 11.8 Å². The summed E-state index contributed by atoms with van der Waals surface area (Å²) in [6.07, 6.45) is 0.945. The van der Waals surface area contributed by atoms with Gasteiger partial charge < -0.3 is 20.3 Å². The highest BCUT2D eigenvalue weighted by molar-refractivity contribution is 6.03. The topological polar surface area (TPSA) is 148 Å². The number of carbonyl (C=O) groups is 4. The van der Waals surface area contributed by atoms with Crippen LogP contribution < -0.4 is 10.6 Å². The normalized spacial score (nSPS) is 16.5. The Bertz CT molecular complexity index is 897. The Morgan fingerprint density at radius 1 is 1.40 bits per heavy atom. The van der Waals surface area contributed by atoms with Crippen LogP contribution in [-0.2, 0) is 23.9 Å². The molecule has 1 saturated heterocycles. The second kappa shape index (κ2) is 10.1. The van der Waals surface area contributed by atoms with E-state index in [1.165, 1.54) is 42.2 Å². The van der Waals surface area contributed by atoms with Gasteiger partial charge in [-0.25, -0.2) is 0 Å². The molecule has 0 aliphatic carbocycles. The average molecular weight is 418 g/mol. The average Bonchev–Trinajstić information content (AvgIpc) is 2.68. The monoisotopic (exact) mass is 418 g/mol. The number of nitro groups is 1. The van der Waals surface area contributed by atoms with Crippen molar-refractivity contribution in [1.29, 1.82) is 0 Å². The third-order valence-corrected chi connectivity index (χ3v) is 4.19. The van der Waals surface area contributed by atoms with E-state index in [4.69, 9.17) is 4.74 Å². The summed E-state index contributed by atoms with van der Waals surface area (Å²) in [5.74, 6) is -2.38. The van der Waals surface area contributed by atoms with Crippen LogP contribution in [0.4, 0.5) is 5.69 Å². The minimum Gasteiger partial charge on any atom is -0.466 e. The molecule has 160 valence electrons. The third kappa shape index (κ3) is 5.87. The van der Waals surface area contributed by atoms with Crippen LogP contribution in [0.3, 0.4) is 0 Å². The van der Waals surface area contributed by atoms with Crippen LogP contribution >= 0.6 is 0 Å². The number of ether oxygens (including phenoxy) is 1. The Hall–Kier alpha value is -3.76. The summed E-state index contributed by atoms with van der Waals surface area (Å²) < 4.78 is 4.87. The van der Waals surface area contributed by atoms with E-state index >= 15 is 0 Å². The third-order valence-electron chi connectivity index (χ3n) is 4.19. The predicted octanol–water partition coefficient (Wildman–Crippen LogP) is 0.352. The lowest BCUT2D eigenvalue weighted by molar-refractivity contribution is -0.384. The van der Waals surface area contributed by atoms with Gasteiger partial charge in [-0.2, -0.15) is 0 Å². The molecule has 1 fully saturated rings. The van der Waals surface area contributed by atoms with E-state index in [2.05, 4.69) is 10.6 Å². The standard InChI is InChI=1S/C19H22N4O7/c1-3-30-17(25)11-16-18(26)20-7-8-22(16)19(27)15(21-12(2)24)10-13-5-4-6-14(9-13)23(28)29/h4-6,9-10,16H,3,7-8,11H2,1-2H3,(H,20,26)(H,21,24)/b15-10-. The molecule has 2 rings (SSSR count). The Kier molecular flexibility index (Phi) is 7.62. The number of amides is 3. The Morgan fingerprint density at radius 2 is 2.13 bits per heavy atom. The molecule has 0 bridgehead atoms. The number of hydrogen-bond acceptors (Lipinski definition) is 7. The maximum absolute atomic E-state index is 13.1. The molecular formula is C19H22N4O7. The smallest absolute Gasteiger partial charge is 0.308 e. The minimum atomic E-state index is -1.10. The van der Waals surface area contributed by atoms with Crippen molar-refractivity contribution in [2.24, 2.45) is 0 Å². The summed E-state index contributed by atoms with van der Waals surface area (Å²) in [6.45, 7) is 3.24. The van der Waals surface area contributed by atoms with Gasteiger partial charge in [-0.1, -0.05) is 12.1 Å². The largest absolute Gasteiger partial charge is 0.466 e. The number of piperazine rings is 1. The van der Waals surface area contributed by atoms with Crippen molar-refractivity contribution >= 4 is 35.5 Å². The Morgan fingerprint density at radius 3 is 2.77 bits per heavy atom. The lowest BCUT2D eigenvalue weighted by Gasteiger charge is -2.35. The van der Waals surface area contributed by atoms with Crippen molar-refractivity contribution in [3.05, 3.63) is 45.6 Å². The molecule has 11 nitrogen and oxygen atoms in total. The highest BCUT2D eigenvalue weighted by Gasteiger charge is 2.36. The molecule has 1 aliphatic heterocycles. The number of esters is 1. The summed E-state index contributed by atoms with van der Waals surface area (Å²) in [5.41, 5.74) is -0.0489. The Labute approximate surface area is 172 Å². The molecule has 2 N–H and O–H groups in total. The molecule has 1 heterocycles. The number of nitrogens with one attached hydrogen (secondary N) is 2. The van der Waals surface area contributed by atoms with Crippen molar-refractivity contribution in [2.75, 3.05) is 19.7 Å². The fraction of sp³-hybridized carbons (Fsp3) is 0.368. The zero-order valence-electron chi connectivity index (χ0n) is 16.5. The van der Waals surface area contributed by atoms with E-state index < -0.39 is 34.7 Å². The lowest BCUT2D eigenvalue weighted by atomic mass is 10.1. The van der Waals surface area contributed by atoms with Crippen molar-refractivity contribution in [3.8, 4) is 0 Å². The van der Waals surface area contributed by atoms with Crippen LogP contribution in [-0.4, -0.2) is 59.3 Å². The summed E-state index contributed by atoms with van der Waals surface area (Å²) in [4.78, 5) is 60.5. The molecule has 1 atom stereocenters. The van der Waals surface area contributed by atoms with Gasteiger partial charge in [0, 0.05) is 32.1 Å². The second-order valence-corrected chi connectivity index (χ2v) is 6.41. The number of hydrogen-bond donors (Lipinski definition) is 2. The van der Waals surface area contributed by atoms with Gasteiger partial charge in [-0.05, 0) is 18.6 Å². The molecule has 1 unspecified atom stereocenters. The lowest BCUT2D eigenvalue weighted by Crippen LogP contribution is -2.58. The van der Waals surface area contributed by atoms with Gasteiger partial charge >= 0.3 is 5.97 Å². The first kappa shape index (κ1) is 22.5.